The summed E-state index contributed by atoms with van der Waals surface area (Å²) >= 11 is 0. The third-order valence-corrected chi connectivity index (χ3v) is 3.81. The van der Waals surface area contributed by atoms with E-state index in [1.165, 1.54) is 0 Å². The van der Waals surface area contributed by atoms with Crippen LogP contribution < -0.4 is 5.32 Å². The van der Waals surface area contributed by atoms with Crippen molar-refractivity contribution in [1.82, 2.24) is 5.32 Å². The fourth-order valence-corrected chi connectivity index (χ4v) is 2.27. The predicted molar refractivity (Wildman–Crippen MR) is 66.0 cm³/mol. The molecule has 0 aliphatic heterocycles. The van der Waals surface area contributed by atoms with E-state index in [-0.39, 0.29) is 6.04 Å². The lowest BCUT2D eigenvalue weighted by Crippen LogP contribution is -2.43. The Kier molecular flexibility index (Phi) is 5.05. The average Bonchev–Trinajstić information content (AvgIpc) is 2.27. The molecule has 1 aliphatic carbocycles. The summed E-state index contributed by atoms with van der Waals surface area (Å²) in [6.07, 6.45) is -3.16. The monoisotopic (exact) mass is 295 g/mol. The Morgan fingerprint density at radius 2 is 1.65 bits per heavy atom. The predicted octanol–water partition coefficient (Wildman–Crippen LogP) is 2.72. The van der Waals surface area contributed by atoms with Crippen LogP contribution in [0.4, 0.5) is 13.2 Å². The molecule has 1 fully saturated rings. The van der Waals surface area contributed by atoms with E-state index in [4.69, 9.17) is 5.11 Å². The van der Waals surface area contributed by atoms with Crippen LogP contribution in [0, 0.1) is 11.3 Å². The number of halogens is 3. The van der Waals surface area contributed by atoms with Gasteiger partial charge in [0.15, 0.2) is 0 Å². The van der Waals surface area contributed by atoms with Crippen LogP contribution in [-0.4, -0.2) is 29.2 Å². The fourth-order valence-electron chi connectivity index (χ4n) is 2.27. The molecule has 7 heteroatoms. The van der Waals surface area contributed by atoms with Crippen LogP contribution in [0.1, 0.15) is 46.0 Å². The molecular formula is C13H20F3NO3. The van der Waals surface area contributed by atoms with E-state index in [9.17, 15) is 22.8 Å². The number of carbonyl (C=O) groups is 2. The van der Waals surface area contributed by atoms with Crippen molar-refractivity contribution in [3.8, 4) is 0 Å². The Bertz CT molecular complexity index is 372. The molecule has 0 aromatic heterocycles. The fraction of sp³-hybridized carbons (Fsp3) is 0.846. The molecule has 20 heavy (non-hydrogen) atoms. The van der Waals surface area contributed by atoms with E-state index in [1.807, 2.05) is 0 Å². The minimum absolute atomic E-state index is 0.220. The van der Waals surface area contributed by atoms with Gasteiger partial charge in [-0.3, -0.25) is 9.59 Å². The number of hydrogen-bond acceptors (Lipinski definition) is 2. The number of rotatable bonds is 4. The van der Waals surface area contributed by atoms with Crippen LogP contribution in [0.2, 0.25) is 0 Å². The van der Waals surface area contributed by atoms with Crippen molar-refractivity contribution in [2.75, 3.05) is 0 Å². The van der Waals surface area contributed by atoms with Crippen LogP contribution in [0.25, 0.3) is 0 Å². The SMILES string of the molecule is CC(C)(CC(=O)NC1CCC(C(=O)O)CC1)C(F)(F)F. The molecule has 0 unspecified atom stereocenters. The number of nitrogens with one attached hydrogen (secondary N) is 1. The third-order valence-electron chi connectivity index (χ3n) is 3.81. The molecule has 0 aromatic rings. The van der Waals surface area contributed by atoms with Crippen LogP contribution in [0.5, 0.6) is 0 Å². The molecule has 0 saturated heterocycles. The third kappa shape index (κ3) is 4.38. The Balaban J connectivity index is 2.43. The van der Waals surface area contributed by atoms with Gasteiger partial charge in [0.1, 0.15) is 0 Å². The summed E-state index contributed by atoms with van der Waals surface area (Å²) in [5, 5.41) is 11.4. The Hall–Kier alpha value is -1.27. The minimum Gasteiger partial charge on any atom is -0.481 e. The highest BCUT2D eigenvalue weighted by Gasteiger charge is 2.48. The first-order valence-electron chi connectivity index (χ1n) is 6.62. The van der Waals surface area contributed by atoms with Crippen molar-refractivity contribution >= 4 is 11.9 Å². The molecular weight excluding hydrogens is 275 g/mol. The van der Waals surface area contributed by atoms with Crippen LogP contribution in [0.3, 0.4) is 0 Å². The molecule has 1 amide bonds. The lowest BCUT2D eigenvalue weighted by Gasteiger charge is -2.30. The maximum atomic E-state index is 12.7. The largest absolute Gasteiger partial charge is 0.481 e. The summed E-state index contributed by atoms with van der Waals surface area (Å²) in [7, 11) is 0. The van der Waals surface area contributed by atoms with E-state index in [1.54, 1.807) is 0 Å². The number of carboxylic acid groups (broad SMARTS) is 1. The summed E-state index contributed by atoms with van der Waals surface area (Å²) in [6.45, 7) is 1.99. The summed E-state index contributed by atoms with van der Waals surface area (Å²) in [5.74, 6) is -1.89. The van der Waals surface area contributed by atoms with Crippen molar-refractivity contribution in [2.24, 2.45) is 11.3 Å². The maximum absolute atomic E-state index is 12.7. The number of carbonyl (C=O) groups excluding carboxylic acids is 1. The van der Waals surface area contributed by atoms with Gasteiger partial charge in [0.25, 0.3) is 0 Å². The molecule has 0 heterocycles. The molecule has 0 atom stereocenters. The van der Waals surface area contributed by atoms with E-state index in [0.717, 1.165) is 13.8 Å². The molecule has 0 bridgehead atoms. The van der Waals surface area contributed by atoms with Crippen molar-refractivity contribution < 1.29 is 27.9 Å². The zero-order valence-electron chi connectivity index (χ0n) is 11.6. The highest BCUT2D eigenvalue weighted by atomic mass is 19.4. The van der Waals surface area contributed by atoms with E-state index < -0.39 is 35.8 Å². The van der Waals surface area contributed by atoms with Crippen molar-refractivity contribution in [1.29, 1.82) is 0 Å². The maximum Gasteiger partial charge on any atom is 0.394 e. The highest BCUT2D eigenvalue weighted by molar-refractivity contribution is 5.77. The van der Waals surface area contributed by atoms with Gasteiger partial charge in [0.05, 0.1) is 11.3 Å². The van der Waals surface area contributed by atoms with E-state index >= 15 is 0 Å². The van der Waals surface area contributed by atoms with Gasteiger partial charge in [0.2, 0.25) is 5.91 Å². The Morgan fingerprint density at radius 3 is 2.05 bits per heavy atom. The normalized spacial score (nSPS) is 24.2. The van der Waals surface area contributed by atoms with E-state index in [2.05, 4.69) is 5.32 Å². The summed E-state index contributed by atoms with van der Waals surface area (Å²) < 4.78 is 38.0. The molecule has 0 aromatic carbocycles. The van der Waals surface area contributed by atoms with Crippen molar-refractivity contribution in [2.45, 2.75) is 58.2 Å². The number of alkyl halides is 3. The quantitative estimate of drug-likeness (QED) is 0.838. The van der Waals surface area contributed by atoms with Gasteiger partial charge in [-0.2, -0.15) is 13.2 Å². The first-order chi connectivity index (χ1) is 9.03. The van der Waals surface area contributed by atoms with Gasteiger partial charge in [-0.25, -0.2) is 0 Å². The van der Waals surface area contributed by atoms with Crippen LogP contribution >= 0.6 is 0 Å². The first-order valence-corrected chi connectivity index (χ1v) is 6.62. The van der Waals surface area contributed by atoms with Gasteiger partial charge < -0.3 is 10.4 Å². The van der Waals surface area contributed by atoms with Crippen molar-refractivity contribution in [3.63, 3.8) is 0 Å². The second-order valence-electron chi connectivity index (χ2n) is 6.01. The Morgan fingerprint density at radius 1 is 1.15 bits per heavy atom. The van der Waals surface area contributed by atoms with Gasteiger partial charge in [-0.1, -0.05) is 13.8 Å². The number of carboxylic acids is 1. The number of hydrogen-bond donors (Lipinski definition) is 2. The molecule has 4 nitrogen and oxygen atoms in total. The standard InChI is InChI=1S/C13H20F3NO3/c1-12(2,13(14,15)16)7-10(18)17-9-5-3-8(4-6-9)11(19)20/h8-9H,3-7H2,1-2H3,(H,17,18)(H,19,20). The number of aliphatic carboxylic acids is 1. The van der Waals surface area contributed by atoms with Gasteiger partial charge >= 0.3 is 12.1 Å². The van der Waals surface area contributed by atoms with Crippen LogP contribution in [-0.2, 0) is 9.59 Å². The highest BCUT2D eigenvalue weighted by Crippen LogP contribution is 2.40. The molecule has 1 rings (SSSR count). The van der Waals surface area contributed by atoms with Gasteiger partial charge in [-0.05, 0) is 25.7 Å². The van der Waals surface area contributed by atoms with Gasteiger partial charge in [0, 0.05) is 12.5 Å². The topological polar surface area (TPSA) is 66.4 Å². The first kappa shape index (κ1) is 16.8. The summed E-state index contributed by atoms with van der Waals surface area (Å²) in [6, 6.07) is -0.220. The molecule has 116 valence electrons. The lowest BCUT2D eigenvalue weighted by atomic mass is 9.85. The zero-order chi connectivity index (χ0) is 15.6. The Labute approximate surface area is 115 Å². The second-order valence-corrected chi connectivity index (χ2v) is 6.01. The molecule has 1 saturated carbocycles. The molecule has 0 radical (unpaired) electrons. The summed E-state index contributed by atoms with van der Waals surface area (Å²) in [4.78, 5) is 22.4. The molecule has 0 spiro atoms. The van der Waals surface area contributed by atoms with Crippen molar-refractivity contribution in [3.05, 3.63) is 0 Å². The molecule has 2 N–H and O–H groups in total. The summed E-state index contributed by atoms with van der Waals surface area (Å²) in [5.41, 5.74) is -2.06. The van der Waals surface area contributed by atoms with Crippen LogP contribution in [0.15, 0.2) is 0 Å². The zero-order valence-corrected chi connectivity index (χ0v) is 11.6. The minimum atomic E-state index is -4.43. The second kappa shape index (κ2) is 6.01. The molecule has 1 aliphatic rings. The number of amides is 1. The van der Waals surface area contributed by atoms with E-state index in [0.29, 0.717) is 25.7 Å². The lowest BCUT2D eigenvalue weighted by molar-refractivity contribution is -0.213. The smallest absolute Gasteiger partial charge is 0.394 e. The average molecular weight is 295 g/mol. The van der Waals surface area contributed by atoms with Gasteiger partial charge in [-0.15, -0.1) is 0 Å².